The van der Waals surface area contributed by atoms with E-state index in [-0.39, 0.29) is 30.2 Å². The van der Waals surface area contributed by atoms with Crippen LogP contribution in [0.2, 0.25) is 13.1 Å². The number of hydrogen-bond donors (Lipinski definition) is 0. The molecule has 8 rings (SSSR count). The average molecular weight is 795 g/mol. The number of tetrazole rings is 2. The third-order valence-corrected chi connectivity index (χ3v) is 7.79. The van der Waals surface area contributed by atoms with Gasteiger partial charge in [0.25, 0.3) is 0 Å². The van der Waals surface area contributed by atoms with Gasteiger partial charge < -0.3 is 24.8 Å². The molecular formula is C38H36Cl2N8SiZr-2. The van der Waals surface area contributed by atoms with Gasteiger partial charge in [0.05, 0.1) is 0 Å². The van der Waals surface area contributed by atoms with Crippen LogP contribution < -0.4 is 24.8 Å². The second kappa shape index (κ2) is 17.2. The van der Waals surface area contributed by atoms with E-state index in [0.717, 1.165) is 33.3 Å². The molecule has 12 heteroatoms. The van der Waals surface area contributed by atoms with E-state index in [1.54, 1.807) is 32.9 Å². The Balaban J connectivity index is 0.000000196. The minimum absolute atomic E-state index is 0. The molecule has 6 aromatic carbocycles. The fourth-order valence-electron chi connectivity index (χ4n) is 5.61. The first-order valence-corrected chi connectivity index (χ1v) is 21.9. The van der Waals surface area contributed by atoms with Gasteiger partial charge in [0, 0.05) is 11.4 Å². The van der Waals surface area contributed by atoms with Crippen molar-refractivity contribution >= 4 is 27.0 Å². The number of rotatable bonds is 4. The number of aromatic nitrogens is 8. The number of halogens is 2. The van der Waals surface area contributed by atoms with Crippen LogP contribution >= 0.6 is 0 Å². The van der Waals surface area contributed by atoms with Crippen LogP contribution in [0.15, 0.2) is 110 Å². The molecule has 0 fully saturated rings. The first-order valence-electron chi connectivity index (χ1n) is 15.7. The van der Waals surface area contributed by atoms with E-state index in [1.165, 1.54) is 56.8 Å². The van der Waals surface area contributed by atoms with E-state index < -0.39 is 0 Å². The minimum Gasteiger partial charge on any atom is -1.00 e. The van der Waals surface area contributed by atoms with Crippen molar-refractivity contribution in [3.8, 4) is 33.6 Å². The van der Waals surface area contributed by atoms with Crippen molar-refractivity contribution in [2.75, 3.05) is 0 Å². The maximum absolute atomic E-state index is 4.19. The van der Waals surface area contributed by atoms with Crippen molar-refractivity contribution in [1.82, 2.24) is 40.4 Å². The quantitative estimate of drug-likeness (QED) is 0.201. The smallest absolute Gasteiger partial charge is 0.162 e. The minimum atomic E-state index is 0. The summed E-state index contributed by atoms with van der Waals surface area (Å²) in [6, 6.07) is 34.5. The Morgan fingerprint density at radius 3 is 1.22 bits per heavy atom. The van der Waals surface area contributed by atoms with Gasteiger partial charge >= 0.3 is 41.9 Å². The second-order valence-corrected chi connectivity index (χ2v) is 21.6. The molecule has 0 saturated heterocycles. The Labute approximate surface area is 319 Å². The van der Waals surface area contributed by atoms with E-state index in [2.05, 4.69) is 169 Å². The zero-order valence-electron chi connectivity index (χ0n) is 28.7. The molecule has 0 amide bonds. The molecule has 0 N–H and O–H groups in total. The second-order valence-electron chi connectivity index (χ2n) is 12.2. The number of aryl methyl sites for hydroxylation is 4. The Kier molecular flexibility index (Phi) is 13.3. The summed E-state index contributed by atoms with van der Waals surface area (Å²) in [6.45, 7) is 13.0. The molecule has 0 aliphatic rings. The first kappa shape index (κ1) is 38.7. The third kappa shape index (κ3) is 9.17. The normalized spacial score (nSPS) is 10.4. The summed E-state index contributed by atoms with van der Waals surface area (Å²) in [6.07, 6.45) is 2.92. The predicted octanol–water partition coefficient (Wildman–Crippen LogP) is 2.43. The van der Waals surface area contributed by atoms with Crippen molar-refractivity contribution in [3.63, 3.8) is 0 Å². The molecule has 0 radical (unpaired) electrons. The van der Waals surface area contributed by atoms with Crippen molar-refractivity contribution in [3.05, 3.63) is 132 Å². The summed E-state index contributed by atoms with van der Waals surface area (Å²) in [5.74, 6) is 0. The molecular weight excluding hydrogens is 759 g/mol. The zero-order valence-corrected chi connectivity index (χ0v) is 33.7. The number of hydrogen-bond acceptors (Lipinski definition) is 6. The molecule has 0 unspecified atom stereocenters. The van der Waals surface area contributed by atoms with Crippen LogP contribution in [0.25, 0.3) is 55.2 Å². The molecule has 2 heterocycles. The predicted molar refractivity (Wildman–Crippen MR) is 192 cm³/mol. The number of fused-ring (bicyclic) bond motifs is 2. The number of benzene rings is 4. The van der Waals surface area contributed by atoms with Crippen LogP contribution in [-0.2, 0) is 23.3 Å². The van der Waals surface area contributed by atoms with E-state index in [0.29, 0.717) is 0 Å². The number of nitrogens with zero attached hydrogens (tertiary/aromatic N) is 8. The van der Waals surface area contributed by atoms with Gasteiger partial charge in [-0.15, -0.1) is 86.9 Å². The average Bonchev–Trinajstić information content (AvgIpc) is 3.88. The molecule has 0 bridgehead atoms. The molecule has 252 valence electrons. The Bertz CT molecular complexity index is 2150. The van der Waals surface area contributed by atoms with Gasteiger partial charge in [-0.2, -0.15) is 12.1 Å². The van der Waals surface area contributed by atoms with Gasteiger partial charge in [-0.3, -0.25) is 0 Å². The van der Waals surface area contributed by atoms with Crippen LogP contribution in [-0.4, -0.2) is 45.8 Å². The maximum Gasteiger partial charge on any atom is 0.162 e. The first-order chi connectivity index (χ1) is 23.1. The molecule has 8 aromatic rings. The molecule has 0 atom stereocenters. The van der Waals surface area contributed by atoms with Crippen LogP contribution in [0.1, 0.15) is 22.3 Å². The van der Waals surface area contributed by atoms with Gasteiger partial charge in [-0.1, -0.05) is 84.6 Å². The topological polar surface area (TPSA) is 87.2 Å². The molecule has 50 heavy (non-hydrogen) atoms. The van der Waals surface area contributed by atoms with Crippen molar-refractivity contribution in [2.45, 2.75) is 40.8 Å². The van der Waals surface area contributed by atoms with Gasteiger partial charge in [-0.05, 0) is 47.5 Å². The van der Waals surface area contributed by atoms with Gasteiger partial charge in [0.2, 0.25) is 0 Å². The summed E-state index contributed by atoms with van der Waals surface area (Å²) in [7, 11) is 0. The third-order valence-electron chi connectivity index (χ3n) is 7.79. The van der Waals surface area contributed by atoms with E-state index in [1.807, 2.05) is 0 Å². The van der Waals surface area contributed by atoms with Gasteiger partial charge in [0.15, 0.2) is 12.7 Å². The van der Waals surface area contributed by atoms with Gasteiger partial charge in [0.1, 0.15) is 0 Å². The van der Waals surface area contributed by atoms with E-state index in [4.69, 9.17) is 0 Å². The largest absolute Gasteiger partial charge is 1.00 e. The summed E-state index contributed by atoms with van der Waals surface area (Å²) in [5, 5.41) is 28.8. The Morgan fingerprint density at radius 1 is 0.540 bits per heavy atom. The SMILES string of the molecule is C[Si](C)=[Zr+2].Cc1ccc(-c2cc(-n3ncnn3)c3cc(C)[cH-]c3c2)cc1.Cc1ccc(-c2cc(-n3ncnn3)c3cc(C)[cH-]c3c2)cc1.[Cl-].[Cl-]. The molecule has 0 aliphatic carbocycles. The standard InChI is InChI=1S/2C18H15N4.C2H6Si.2ClH.Zr/c2*1-12-3-5-14(6-4-12)15-9-16-7-13(2)8-17(16)18(10-15)22-20-11-19-21-22;1-3-2;;;/h2*3-11H,1-2H3;1-2H3;2*1H;/q2*-1;;;;+2/p-2. The molecule has 0 aliphatic heterocycles. The van der Waals surface area contributed by atoms with Crippen LogP contribution in [0, 0.1) is 27.7 Å². The van der Waals surface area contributed by atoms with E-state index in [9.17, 15) is 0 Å². The van der Waals surface area contributed by atoms with Crippen LogP contribution in [0.4, 0.5) is 0 Å². The van der Waals surface area contributed by atoms with Gasteiger partial charge in [-0.25, -0.2) is 0 Å². The van der Waals surface area contributed by atoms with Crippen LogP contribution in [0.3, 0.4) is 0 Å². The molecule has 0 saturated carbocycles. The van der Waals surface area contributed by atoms with Crippen molar-refractivity contribution in [2.24, 2.45) is 0 Å². The fourth-order valence-corrected chi connectivity index (χ4v) is 5.61. The Morgan fingerprint density at radius 2 is 0.900 bits per heavy atom. The van der Waals surface area contributed by atoms with Crippen molar-refractivity contribution < 1.29 is 48.1 Å². The summed E-state index contributed by atoms with van der Waals surface area (Å²) >= 11 is 1.74. The molecule has 0 spiro atoms. The Hall–Kier alpha value is -4.08. The summed E-state index contributed by atoms with van der Waals surface area (Å²) in [5.41, 5.74) is 11.8. The fraction of sp³-hybridized carbons (Fsp3) is 0.158. The van der Waals surface area contributed by atoms with E-state index >= 15 is 0 Å². The van der Waals surface area contributed by atoms with Crippen molar-refractivity contribution in [1.29, 1.82) is 0 Å². The molecule has 8 nitrogen and oxygen atoms in total. The molecule has 2 aromatic heterocycles. The summed E-state index contributed by atoms with van der Waals surface area (Å²) in [4.78, 5) is 3.17. The monoisotopic (exact) mass is 792 g/mol. The summed E-state index contributed by atoms with van der Waals surface area (Å²) < 4.78 is 0. The zero-order chi connectivity index (χ0) is 33.8. The maximum atomic E-state index is 4.19. The van der Waals surface area contributed by atoms with Crippen LogP contribution in [0.5, 0.6) is 0 Å².